The van der Waals surface area contributed by atoms with Crippen molar-refractivity contribution in [3.63, 3.8) is 0 Å². The molecule has 1 N–H and O–H groups in total. The first kappa shape index (κ1) is 11.9. The van der Waals surface area contributed by atoms with Crippen LogP contribution in [0, 0.1) is 5.82 Å². The van der Waals surface area contributed by atoms with E-state index in [1.54, 1.807) is 18.2 Å². The van der Waals surface area contributed by atoms with Crippen molar-refractivity contribution < 1.29 is 18.0 Å². The van der Waals surface area contributed by atoms with Crippen molar-refractivity contribution in [2.75, 3.05) is 12.4 Å². The smallest absolute Gasteiger partial charge is 0.251 e. The maximum absolute atomic E-state index is 14.4. The summed E-state index contributed by atoms with van der Waals surface area (Å²) in [5.74, 6) is -0.660. The van der Waals surface area contributed by atoms with E-state index in [4.69, 9.17) is 8.85 Å². The number of anilines is 1. The Bertz CT molecular complexity index is 862. The van der Waals surface area contributed by atoms with Crippen LogP contribution in [0.3, 0.4) is 0 Å². The Morgan fingerprint density at radius 1 is 1.26 bits per heavy atom. The monoisotopic (exact) mass is 314 g/mol. The Morgan fingerprint density at radius 3 is 2.87 bits per heavy atom. The van der Waals surface area contributed by atoms with Gasteiger partial charge in [0.25, 0.3) is 5.91 Å². The molecule has 0 bridgehead atoms. The summed E-state index contributed by atoms with van der Waals surface area (Å²) in [5.41, 5.74) is 1.96. The summed E-state index contributed by atoms with van der Waals surface area (Å²) in [4.78, 5) is 12.1. The van der Waals surface area contributed by atoms with Gasteiger partial charge in [0.05, 0.1) is 16.8 Å². The van der Waals surface area contributed by atoms with Gasteiger partial charge in [-0.2, -0.15) is 0 Å². The summed E-state index contributed by atoms with van der Waals surface area (Å²) >= 11 is 0. The molecule has 3 rings (SSSR count). The molecule has 1 amide bonds. The van der Waals surface area contributed by atoms with Crippen LogP contribution in [-0.4, -0.2) is 12.9 Å². The lowest BCUT2D eigenvalue weighted by molar-refractivity contribution is -0.112. The third-order valence-corrected chi connectivity index (χ3v) is 3.84. The van der Waals surface area contributed by atoms with Gasteiger partial charge in [0, 0.05) is 5.57 Å². The van der Waals surface area contributed by atoms with Crippen LogP contribution >= 0.6 is 0 Å². The number of nitrogens with one attached hydrogen (secondary N) is 1. The van der Waals surface area contributed by atoms with Gasteiger partial charge in [0.1, 0.15) is 11.6 Å². The molecule has 118 valence electrons. The average molecular weight is 314 g/mol. The maximum Gasteiger partial charge on any atom is 0.251 e. The topological polar surface area (TPSA) is 38.3 Å². The largest absolute Gasteiger partial charge is 0.497 e. The lowest BCUT2D eigenvalue weighted by atomic mass is 10.0. The third kappa shape index (κ3) is 3.42. The van der Waals surface area contributed by atoms with Crippen molar-refractivity contribution in [1.29, 1.82) is 0 Å². The highest BCUT2D eigenvalue weighted by molar-refractivity contribution is 6.04. The third-order valence-electron chi connectivity index (χ3n) is 3.84. The molecule has 0 saturated carbocycles. The van der Waals surface area contributed by atoms with Gasteiger partial charge in [0.15, 0.2) is 0 Å². The molecule has 3 nitrogen and oxygen atoms in total. The zero-order chi connectivity index (χ0) is 18.7. The number of hydrogen-bond acceptors (Lipinski definition) is 2. The molecule has 0 saturated heterocycles. The number of benzene rings is 2. The second kappa shape index (κ2) is 6.65. The number of carbonyl (C=O) groups is 1. The lowest BCUT2D eigenvalue weighted by Crippen LogP contribution is -2.14. The Labute approximate surface area is 139 Å². The molecule has 0 aliphatic heterocycles. The Hall–Kier alpha value is -2.62. The summed E-state index contributed by atoms with van der Waals surface area (Å²) in [6, 6.07) is 10.9. The standard InChI is InChI=1S/C19H18FNO2/c1-23-16-8-4-7-14(11-16)15-9-10-18(17(20)12-15)21-19(22)13-5-2-3-6-13/h4-5,7-12H,2-3,6H2,1H3,(H,21,22)/i1D3. The molecule has 4 heteroatoms. The van der Waals surface area contributed by atoms with E-state index in [1.807, 2.05) is 6.08 Å². The molecule has 0 unspecified atom stereocenters. The Kier molecular flexibility index (Phi) is 3.44. The zero-order valence-electron chi connectivity index (χ0n) is 15.4. The fraction of sp³-hybridized carbons (Fsp3) is 0.211. The van der Waals surface area contributed by atoms with Crippen LogP contribution in [-0.2, 0) is 4.79 Å². The maximum atomic E-state index is 14.4. The van der Waals surface area contributed by atoms with Crippen molar-refractivity contribution in [2.24, 2.45) is 0 Å². The van der Waals surface area contributed by atoms with Crippen LogP contribution in [0.2, 0.25) is 0 Å². The van der Waals surface area contributed by atoms with Crippen LogP contribution in [0.5, 0.6) is 5.75 Å². The molecule has 23 heavy (non-hydrogen) atoms. The fourth-order valence-electron chi connectivity index (χ4n) is 2.61. The minimum absolute atomic E-state index is 0.112. The first-order valence-electron chi connectivity index (χ1n) is 8.91. The summed E-state index contributed by atoms with van der Waals surface area (Å²) in [5, 5.41) is 2.59. The first-order chi connectivity index (χ1) is 12.3. The second-order valence-electron chi connectivity index (χ2n) is 5.40. The first-order valence-corrected chi connectivity index (χ1v) is 7.41. The normalized spacial score (nSPS) is 16.0. The predicted molar refractivity (Wildman–Crippen MR) is 89.0 cm³/mol. The highest BCUT2D eigenvalue weighted by atomic mass is 19.1. The van der Waals surface area contributed by atoms with E-state index in [2.05, 4.69) is 5.32 Å². The van der Waals surface area contributed by atoms with Crippen molar-refractivity contribution in [3.8, 4) is 16.9 Å². The Morgan fingerprint density at radius 2 is 2.13 bits per heavy atom. The van der Waals surface area contributed by atoms with E-state index >= 15 is 0 Å². The van der Waals surface area contributed by atoms with E-state index in [1.165, 1.54) is 24.3 Å². The highest BCUT2D eigenvalue weighted by Gasteiger charge is 2.15. The molecule has 0 heterocycles. The van der Waals surface area contributed by atoms with Crippen LogP contribution in [0.1, 0.15) is 23.4 Å². The molecule has 2 aromatic rings. The number of amides is 1. The second-order valence-corrected chi connectivity index (χ2v) is 5.40. The molecule has 0 aromatic heterocycles. The lowest BCUT2D eigenvalue weighted by Gasteiger charge is -2.09. The number of allylic oxidation sites excluding steroid dienone is 1. The van der Waals surface area contributed by atoms with E-state index in [0.29, 0.717) is 23.1 Å². The molecule has 0 atom stereocenters. The number of rotatable bonds is 4. The van der Waals surface area contributed by atoms with E-state index in [-0.39, 0.29) is 17.3 Å². The van der Waals surface area contributed by atoms with E-state index < -0.39 is 12.9 Å². The van der Waals surface area contributed by atoms with Gasteiger partial charge >= 0.3 is 0 Å². The van der Waals surface area contributed by atoms with Gasteiger partial charge in [-0.15, -0.1) is 0 Å². The molecular formula is C19H18FNO2. The van der Waals surface area contributed by atoms with Gasteiger partial charge in [-0.1, -0.05) is 24.3 Å². The van der Waals surface area contributed by atoms with E-state index in [0.717, 1.165) is 12.8 Å². The van der Waals surface area contributed by atoms with Gasteiger partial charge in [-0.05, 0) is 54.7 Å². The van der Waals surface area contributed by atoms with Gasteiger partial charge in [-0.3, -0.25) is 4.79 Å². The molecule has 1 aliphatic rings. The van der Waals surface area contributed by atoms with Gasteiger partial charge in [-0.25, -0.2) is 4.39 Å². The number of halogens is 1. The number of hydrogen-bond donors (Lipinski definition) is 1. The fourth-order valence-corrected chi connectivity index (χ4v) is 2.61. The molecule has 2 aromatic carbocycles. The average Bonchev–Trinajstić information content (AvgIpc) is 3.10. The number of ether oxygens (including phenoxy) is 1. The summed E-state index contributed by atoms with van der Waals surface area (Å²) in [6.45, 7) is 0. The number of methoxy groups -OCH3 is 1. The van der Waals surface area contributed by atoms with Gasteiger partial charge < -0.3 is 10.1 Å². The summed E-state index contributed by atoms with van der Waals surface area (Å²) in [7, 11) is -2.55. The van der Waals surface area contributed by atoms with Crippen molar-refractivity contribution in [1.82, 2.24) is 0 Å². The summed E-state index contributed by atoms with van der Waals surface area (Å²) < 4.78 is 40.7. The van der Waals surface area contributed by atoms with E-state index in [9.17, 15) is 9.18 Å². The number of carbonyl (C=O) groups excluding carboxylic acids is 1. The molecule has 0 fully saturated rings. The van der Waals surface area contributed by atoms with Crippen molar-refractivity contribution in [2.45, 2.75) is 19.3 Å². The van der Waals surface area contributed by atoms with Crippen LogP contribution in [0.4, 0.5) is 10.1 Å². The van der Waals surface area contributed by atoms with Crippen LogP contribution in [0.15, 0.2) is 54.1 Å². The Balaban J connectivity index is 1.79. The molecule has 0 radical (unpaired) electrons. The highest BCUT2D eigenvalue weighted by Crippen LogP contribution is 2.28. The SMILES string of the molecule is [2H]C([2H])([2H])Oc1cccc(-c2ccc(NC(=O)C3=CCCC3)c(F)c2)c1. The van der Waals surface area contributed by atoms with Gasteiger partial charge in [0.2, 0.25) is 0 Å². The molecule has 1 aliphatic carbocycles. The van der Waals surface area contributed by atoms with Crippen LogP contribution in [0.25, 0.3) is 11.1 Å². The zero-order valence-corrected chi connectivity index (χ0v) is 12.4. The summed E-state index contributed by atoms with van der Waals surface area (Å²) in [6.07, 6.45) is 4.40. The van der Waals surface area contributed by atoms with Crippen LogP contribution < -0.4 is 10.1 Å². The minimum Gasteiger partial charge on any atom is -0.497 e. The molecular weight excluding hydrogens is 293 g/mol. The van der Waals surface area contributed by atoms with Crippen molar-refractivity contribution >= 4 is 11.6 Å². The molecule has 0 spiro atoms. The van der Waals surface area contributed by atoms with Crippen molar-refractivity contribution in [3.05, 3.63) is 59.9 Å². The predicted octanol–water partition coefficient (Wildman–Crippen LogP) is 4.55. The minimum atomic E-state index is -2.55. The quantitative estimate of drug-likeness (QED) is 0.899.